The maximum atomic E-state index is 14.0. The van der Waals surface area contributed by atoms with Gasteiger partial charge in [0.2, 0.25) is 5.88 Å². The van der Waals surface area contributed by atoms with Gasteiger partial charge in [0.05, 0.1) is 19.7 Å². The largest absolute Gasteiger partial charge is 0.480 e. The third kappa shape index (κ3) is 3.09. The molecule has 0 saturated carbocycles. The van der Waals surface area contributed by atoms with Gasteiger partial charge in [-0.05, 0) is 42.2 Å². The van der Waals surface area contributed by atoms with E-state index in [1.807, 2.05) is 0 Å². The Labute approximate surface area is 143 Å². The van der Waals surface area contributed by atoms with Crippen molar-refractivity contribution in [3.63, 3.8) is 0 Å². The molecular weight excluding hydrogens is 330 g/mol. The van der Waals surface area contributed by atoms with Crippen molar-refractivity contribution in [2.24, 2.45) is 0 Å². The van der Waals surface area contributed by atoms with Crippen LogP contribution in [0.1, 0.15) is 33.9 Å². The molecule has 1 heterocycles. The maximum Gasteiger partial charge on any atom is 0.260 e. The molecule has 2 aromatic rings. The maximum absolute atomic E-state index is 14.0. The Kier molecular flexibility index (Phi) is 4.74. The Morgan fingerprint density at radius 2 is 2.24 bits per heavy atom. The number of rotatable bonds is 5. The molecule has 1 aromatic heterocycles. The summed E-state index contributed by atoms with van der Waals surface area (Å²) in [6.07, 6.45) is 2.86. The molecule has 3 rings (SSSR count). The van der Waals surface area contributed by atoms with Crippen LogP contribution in [0.2, 0.25) is 0 Å². The number of aromatic nitrogens is 1. The molecule has 0 spiro atoms. The number of ether oxygens (including phenoxy) is 1. The average molecular weight is 346 g/mol. The van der Waals surface area contributed by atoms with Crippen LogP contribution in [-0.2, 0) is 11.2 Å². The Balaban J connectivity index is 2.01. The molecule has 1 aliphatic rings. The molecular formula is C18H16F2N2O3. The smallest absolute Gasteiger partial charge is 0.260 e. The minimum absolute atomic E-state index is 0.132. The lowest BCUT2D eigenvalue weighted by atomic mass is 10.0. The van der Waals surface area contributed by atoms with Crippen LogP contribution in [0, 0.1) is 11.6 Å². The van der Waals surface area contributed by atoms with Gasteiger partial charge in [-0.1, -0.05) is 0 Å². The molecule has 1 aromatic carbocycles. The van der Waals surface area contributed by atoms with Gasteiger partial charge in [-0.3, -0.25) is 4.79 Å². The Bertz CT molecular complexity index is 826. The molecule has 7 heteroatoms. The Morgan fingerprint density at radius 1 is 1.44 bits per heavy atom. The van der Waals surface area contributed by atoms with Crippen LogP contribution in [-0.4, -0.2) is 35.7 Å². The van der Waals surface area contributed by atoms with Gasteiger partial charge in [-0.25, -0.2) is 13.8 Å². The van der Waals surface area contributed by atoms with E-state index in [0.29, 0.717) is 30.3 Å². The minimum atomic E-state index is -0.708. The molecule has 1 amide bonds. The van der Waals surface area contributed by atoms with E-state index in [4.69, 9.17) is 4.74 Å². The van der Waals surface area contributed by atoms with Crippen molar-refractivity contribution in [1.29, 1.82) is 0 Å². The molecule has 1 atom stereocenters. The van der Waals surface area contributed by atoms with Crippen LogP contribution in [0.15, 0.2) is 30.5 Å². The summed E-state index contributed by atoms with van der Waals surface area (Å²) in [4.78, 5) is 29.3. The van der Waals surface area contributed by atoms with Crippen molar-refractivity contribution >= 4 is 12.2 Å². The van der Waals surface area contributed by atoms with Crippen LogP contribution in [0.3, 0.4) is 0 Å². The molecule has 0 saturated heterocycles. The number of nitrogens with zero attached hydrogens (tertiary/aromatic N) is 2. The number of carbonyl (C=O) groups excluding carboxylic acids is 2. The number of amides is 1. The average Bonchev–Trinajstić information content (AvgIpc) is 3.03. The van der Waals surface area contributed by atoms with E-state index in [-0.39, 0.29) is 18.0 Å². The zero-order valence-electron chi connectivity index (χ0n) is 13.5. The number of hydrogen-bond donors (Lipinski definition) is 0. The molecule has 0 N–H and O–H groups in total. The SMILES string of the molecule is COc1ncccc1C(=O)N(CC=O)C1CCc2c(F)cc(F)cc21. The van der Waals surface area contributed by atoms with Gasteiger partial charge < -0.3 is 14.4 Å². The van der Waals surface area contributed by atoms with Gasteiger partial charge in [0.1, 0.15) is 23.5 Å². The highest BCUT2D eigenvalue weighted by Gasteiger charge is 2.34. The summed E-state index contributed by atoms with van der Waals surface area (Å²) in [5, 5.41) is 0. The van der Waals surface area contributed by atoms with Crippen LogP contribution in [0.5, 0.6) is 5.88 Å². The topological polar surface area (TPSA) is 59.5 Å². The first-order valence-electron chi connectivity index (χ1n) is 7.78. The molecule has 5 nitrogen and oxygen atoms in total. The number of hydrogen-bond acceptors (Lipinski definition) is 4. The second kappa shape index (κ2) is 6.96. The number of methoxy groups -OCH3 is 1. The fourth-order valence-electron chi connectivity index (χ4n) is 3.25. The number of aldehydes is 1. The number of pyridine rings is 1. The molecule has 0 radical (unpaired) electrons. The lowest BCUT2D eigenvalue weighted by Crippen LogP contribution is -2.36. The van der Waals surface area contributed by atoms with Crippen molar-refractivity contribution < 1.29 is 23.1 Å². The molecule has 1 aliphatic carbocycles. The van der Waals surface area contributed by atoms with Crippen LogP contribution in [0.25, 0.3) is 0 Å². The monoisotopic (exact) mass is 346 g/mol. The van der Waals surface area contributed by atoms with Crippen molar-refractivity contribution in [2.45, 2.75) is 18.9 Å². The third-order valence-electron chi connectivity index (χ3n) is 4.32. The van der Waals surface area contributed by atoms with E-state index < -0.39 is 23.6 Å². The van der Waals surface area contributed by atoms with Gasteiger partial charge in [0.25, 0.3) is 5.91 Å². The summed E-state index contributed by atoms with van der Waals surface area (Å²) >= 11 is 0. The summed E-state index contributed by atoms with van der Waals surface area (Å²) in [6.45, 7) is -0.195. The Morgan fingerprint density at radius 3 is 2.96 bits per heavy atom. The quantitative estimate of drug-likeness (QED) is 0.781. The predicted molar refractivity (Wildman–Crippen MR) is 85.3 cm³/mol. The normalized spacial score (nSPS) is 15.6. The van der Waals surface area contributed by atoms with Gasteiger partial charge in [-0.2, -0.15) is 0 Å². The lowest BCUT2D eigenvalue weighted by Gasteiger charge is -2.28. The van der Waals surface area contributed by atoms with Gasteiger partial charge in [0, 0.05) is 12.3 Å². The van der Waals surface area contributed by atoms with Crippen LogP contribution >= 0.6 is 0 Å². The highest BCUT2D eigenvalue weighted by atomic mass is 19.1. The van der Waals surface area contributed by atoms with Crippen LogP contribution in [0.4, 0.5) is 8.78 Å². The second-order valence-electron chi connectivity index (χ2n) is 5.69. The summed E-state index contributed by atoms with van der Waals surface area (Å²) < 4.78 is 32.7. The van der Waals surface area contributed by atoms with Crippen molar-refractivity contribution in [3.8, 4) is 5.88 Å². The van der Waals surface area contributed by atoms with E-state index in [2.05, 4.69) is 4.98 Å². The molecule has 0 fully saturated rings. The van der Waals surface area contributed by atoms with E-state index in [9.17, 15) is 18.4 Å². The van der Waals surface area contributed by atoms with Gasteiger partial charge in [-0.15, -0.1) is 0 Å². The number of benzene rings is 1. The molecule has 0 bridgehead atoms. The highest BCUT2D eigenvalue weighted by molar-refractivity contribution is 5.97. The molecule has 130 valence electrons. The fourth-order valence-corrected chi connectivity index (χ4v) is 3.25. The minimum Gasteiger partial charge on any atom is -0.480 e. The molecule has 0 aliphatic heterocycles. The van der Waals surface area contributed by atoms with Crippen molar-refractivity contribution in [3.05, 3.63) is 58.8 Å². The summed E-state index contributed by atoms with van der Waals surface area (Å²) in [5.41, 5.74) is 0.973. The van der Waals surface area contributed by atoms with Gasteiger partial charge in [0.15, 0.2) is 0 Å². The van der Waals surface area contributed by atoms with E-state index in [1.54, 1.807) is 6.07 Å². The van der Waals surface area contributed by atoms with Crippen molar-refractivity contribution in [2.75, 3.05) is 13.7 Å². The van der Waals surface area contributed by atoms with Crippen LogP contribution < -0.4 is 4.74 Å². The van der Waals surface area contributed by atoms with E-state index in [0.717, 1.165) is 6.07 Å². The fraction of sp³-hybridized carbons (Fsp3) is 0.278. The number of halogens is 2. The first kappa shape index (κ1) is 17.0. The third-order valence-corrected chi connectivity index (χ3v) is 4.32. The summed E-state index contributed by atoms with van der Waals surface area (Å²) in [6, 6.07) is 4.59. The highest BCUT2D eigenvalue weighted by Crippen LogP contribution is 2.38. The lowest BCUT2D eigenvalue weighted by molar-refractivity contribution is -0.108. The first-order chi connectivity index (χ1) is 12.1. The number of fused-ring (bicyclic) bond motifs is 1. The van der Waals surface area contributed by atoms with E-state index in [1.165, 1.54) is 30.3 Å². The van der Waals surface area contributed by atoms with E-state index >= 15 is 0 Å². The van der Waals surface area contributed by atoms with Crippen molar-refractivity contribution in [1.82, 2.24) is 9.88 Å². The standard InChI is InChI=1S/C18H16F2N2O3/c1-25-17-13(3-2-6-21-17)18(24)22(7-8-23)16-5-4-12-14(16)9-11(19)10-15(12)20/h2-3,6,8-10,16H,4-5,7H2,1H3. The second-order valence-corrected chi connectivity index (χ2v) is 5.69. The first-order valence-corrected chi connectivity index (χ1v) is 7.78. The Hall–Kier alpha value is -2.83. The van der Waals surface area contributed by atoms with Gasteiger partial charge >= 0.3 is 0 Å². The molecule has 25 heavy (non-hydrogen) atoms. The summed E-state index contributed by atoms with van der Waals surface area (Å²) in [7, 11) is 1.39. The zero-order valence-corrected chi connectivity index (χ0v) is 13.5. The zero-order chi connectivity index (χ0) is 18.0. The number of carbonyl (C=O) groups is 2. The summed E-state index contributed by atoms with van der Waals surface area (Å²) in [5.74, 6) is -1.68. The predicted octanol–water partition coefficient (Wildman–Crippen LogP) is 2.70. The molecule has 1 unspecified atom stereocenters.